The van der Waals surface area contributed by atoms with Crippen LogP contribution in [-0.2, 0) is 24.4 Å². The van der Waals surface area contributed by atoms with E-state index in [9.17, 15) is 34.4 Å². The second-order valence-electron chi connectivity index (χ2n) is 2.13. The van der Waals surface area contributed by atoms with E-state index in [1.54, 1.807) is 0 Å². The Morgan fingerprint density at radius 3 is 1.53 bits per heavy atom. The summed E-state index contributed by atoms with van der Waals surface area (Å²) < 4.78 is 101. The van der Waals surface area contributed by atoms with Crippen molar-refractivity contribution in [3.63, 3.8) is 0 Å². The Morgan fingerprint density at radius 2 is 1.33 bits per heavy atom. The monoisotopic (exact) mass is 276 g/mol. The van der Waals surface area contributed by atoms with Crippen molar-refractivity contribution in [3.8, 4) is 0 Å². The molecule has 15 heavy (non-hydrogen) atoms. The summed E-state index contributed by atoms with van der Waals surface area (Å²) in [5.41, 5.74) is 0. The number of halogens is 4. The predicted molar refractivity (Wildman–Crippen MR) is 37.4 cm³/mol. The molecule has 0 atom stereocenters. The molecule has 0 rings (SSSR count). The standard InChI is InChI=1S/C3H4F4O6S2/c1-13-15(11,12)3(6,7)2(4,5)14(8,9)10/h1H3,(H,8,9,10). The highest BCUT2D eigenvalue weighted by Crippen LogP contribution is 2.42. The molecule has 0 saturated heterocycles. The normalized spacial score (nSPS) is 15.3. The van der Waals surface area contributed by atoms with E-state index in [0.29, 0.717) is 0 Å². The maximum atomic E-state index is 12.5. The summed E-state index contributed by atoms with van der Waals surface area (Å²) in [4.78, 5) is 0. The number of rotatable bonds is 4. The van der Waals surface area contributed by atoms with Crippen molar-refractivity contribution in [2.45, 2.75) is 10.5 Å². The smallest absolute Gasteiger partial charge is 0.281 e. The van der Waals surface area contributed by atoms with Crippen LogP contribution in [0.1, 0.15) is 0 Å². The van der Waals surface area contributed by atoms with E-state index in [-0.39, 0.29) is 7.11 Å². The Labute approximate surface area is 81.7 Å². The molecule has 0 aromatic rings. The predicted octanol–water partition coefficient (Wildman–Crippen LogP) is 0.0360. The lowest BCUT2D eigenvalue weighted by atomic mass is 10.7. The molecular formula is C3H4F4O6S2. The highest BCUT2D eigenvalue weighted by molar-refractivity contribution is 7.91. The van der Waals surface area contributed by atoms with Crippen LogP contribution < -0.4 is 0 Å². The molecule has 0 unspecified atom stereocenters. The molecule has 0 saturated carbocycles. The van der Waals surface area contributed by atoms with Gasteiger partial charge in [-0.05, 0) is 0 Å². The molecule has 0 aromatic carbocycles. The van der Waals surface area contributed by atoms with E-state index in [1.165, 1.54) is 0 Å². The Balaban J connectivity index is 5.82. The quantitative estimate of drug-likeness (QED) is 0.442. The average molecular weight is 276 g/mol. The van der Waals surface area contributed by atoms with E-state index < -0.39 is 30.7 Å². The van der Waals surface area contributed by atoms with E-state index in [4.69, 9.17) is 4.55 Å². The van der Waals surface area contributed by atoms with Crippen LogP contribution in [0.3, 0.4) is 0 Å². The molecule has 12 heteroatoms. The van der Waals surface area contributed by atoms with E-state index in [0.717, 1.165) is 0 Å². The Hall–Kier alpha value is -0.460. The number of hydrogen-bond acceptors (Lipinski definition) is 5. The van der Waals surface area contributed by atoms with E-state index in [1.807, 2.05) is 0 Å². The van der Waals surface area contributed by atoms with Crippen LogP contribution in [0, 0.1) is 0 Å². The van der Waals surface area contributed by atoms with Crippen molar-refractivity contribution in [2.24, 2.45) is 0 Å². The van der Waals surface area contributed by atoms with Crippen LogP contribution in [-0.4, -0.2) is 39.0 Å². The van der Waals surface area contributed by atoms with Crippen molar-refractivity contribution in [1.29, 1.82) is 0 Å². The van der Waals surface area contributed by atoms with Gasteiger partial charge in [0.05, 0.1) is 7.11 Å². The molecule has 0 radical (unpaired) electrons. The molecule has 0 aliphatic carbocycles. The molecule has 0 aliphatic heterocycles. The van der Waals surface area contributed by atoms with Gasteiger partial charge in [0.2, 0.25) is 0 Å². The van der Waals surface area contributed by atoms with Crippen LogP contribution in [0.5, 0.6) is 0 Å². The summed E-state index contributed by atoms with van der Waals surface area (Å²) in [5.74, 6) is 0. The third-order valence-electron chi connectivity index (χ3n) is 1.20. The maximum Gasteiger partial charge on any atom is 0.449 e. The lowest BCUT2D eigenvalue weighted by molar-refractivity contribution is -0.106. The minimum atomic E-state index is -6.60. The van der Waals surface area contributed by atoms with Gasteiger partial charge in [0.1, 0.15) is 0 Å². The van der Waals surface area contributed by atoms with Gasteiger partial charge in [-0.2, -0.15) is 34.4 Å². The average Bonchev–Trinajstić information content (AvgIpc) is 2.01. The maximum absolute atomic E-state index is 12.5. The Kier molecular flexibility index (Phi) is 3.43. The topological polar surface area (TPSA) is 97.7 Å². The highest BCUT2D eigenvalue weighted by Gasteiger charge is 2.74. The SMILES string of the molecule is COS(=O)(=O)C(F)(F)C(F)(F)S(=O)(=O)O. The minimum absolute atomic E-state index is 0.128. The molecule has 6 nitrogen and oxygen atoms in total. The molecule has 0 heterocycles. The van der Waals surface area contributed by atoms with Crippen molar-refractivity contribution in [3.05, 3.63) is 0 Å². The summed E-state index contributed by atoms with van der Waals surface area (Å²) in [6, 6.07) is 0. The van der Waals surface area contributed by atoms with Gasteiger partial charge < -0.3 is 0 Å². The fraction of sp³-hybridized carbons (Fsp3) is 1.00. The molecule has 1 N–H and O–H groups in total. The van der Waals surface area contributed by atoms with E-state index in [2.05, 4.69) is 4.18 Å². The molecule has 0 fully saturated rings. The van der Waals surface area contributed by atoms with Crippen molar-refractivity contribution in [2.75, 3.05) is 7.11 Å². The van der Waals surface area contributed by atoms with Crippen LogP contribution in [0.2, 0.25) is 0 Å². The molecule has 0 aliphatic rings. The van der Waals surface area contributed by atoms with Gasteiger partial charge in [-0.25, -0.2) is 0 Å². The first-order valence-electron chi connectivity index (χ1n) is 2.84. The first kappa shape index (κ1) is 14.5. The highest BCUT2D eigenvalue weighted by atomic mass is 32.2. The Bertz CT molecular complexity index is 435. The molecule has 0 aromatic heterocycles. The van der Waals surface area contributed by atoms with Crippen LogP contribution in [0.4, 0.5) is 17.6 Å². The zero-order valence-electron chi connectivity index (χ0n) is 6.82. The Morgan fingerprint density at radius 1 is 1.00 bits per heavy atom. The first-order valence-corrected chi connectivity index (χ1v) is 5.69. The lowest BCUT2D eigenvalue weighted by Gasteiger charge is -2.21. The largest absolute Gasteiger partial charge is 0.449 e. The van der Waals surface area contributed by atoms with Crippen LogP contribution in [0.15, 0.2) is 0 Å². The second-order valence-corrected chi connectivity index (χ2v) is 5.35. The zero-order chi connectivity index (χ0) is 12.7. The third-order valence-corrected chi connectivity index (χ3v) is 3.55. The summed E-state index contributed by atoms with van der Waals surface area (Å²) in [6.45, 7) is 0. The van der Waals surface area contributed by atoms with Gasteiger partial charge in [0, 0.05) is 0 Å². The van der Waals surface area contributed by atoms with Gasteiger partial charge in [-0.15, -0.1) is 0 Å². The second kappa shape index (κ2) is 3.54. The van der Waals surface area contributed by atoms with Gasteiger partial charge in [-0.1, -0.05) is 0 Å². The third kappa shape index (κ3) is 2.07. The minimum Gasteiger partial charge on any atom is -0.281 e. The fourth-order valence-corrected chi connectivity index (χ4v) is 1.82. The summed E-state index contributed by atoms with van der Waals surface area (Å²) in [7, 11) is -12.6. The van der Waals surface area contributed by atoms with Crippen molar-refractivity contribution >= 4 is 20.2 Å². The number of alkyl halides is 4. The summed E-state index contributed by atoms with van der Waals surface area (Å²) in [5, 5.41) is -12.3. The van der Waals surface area contributed by atoms with Crippen molar-refractivity contribution in [1.82, 2.24) is 0 Å². The van der Waals surface area contributed by atoms with Crippen LogP contribution in [0.25, 0.3) is 0 Å². The van der Waals surface area contributed by atoms with Crippen LogP contribution >= 0.6 is 0 Å². The summed E-state index contributed by atoms with van der Waals surface area (Å²) in [6.07, 6.45) is 0. The molecular weight excluding hydrogens is 272 g/mol. The molecule has 0 bridgehead atoms. The van der Waals surface area contributed by atoms with Gasteiger partial charge in [0.15, 0.2) is 0 Å². The molecule has 0 amide bonds. The molecule has 0 spiro atoms. The number of hydrogen-bond donors (Lipinski definition) is 1. The fourth-order valence-electron chi connectivity index (χ4n) is 0.400. The van der Waals surface area contributed by atoms with Crippen molar-refractivity contribution < 1.29 is 43.1 Å². The lowest BCUT2D eigenvalue weighted by Crippen LogP contribution is -2.52. The zero-order valence-corrected chi connectivity index (χ0v) is 8.45. The first-order chi connectivity index (χ1) is 6.31. The van der Waals surface area contributed by atoms with Gasteiger partial charge in [-0.3, -0.25) is 8.74 Å². The van der Waals surface area contributed by atoms with Gasteiger partial charge >= 0.3 is 30.7 Å². The molecule has 92 valence electrons. The van der Waals surface area contributed by atoms with Gasteiger partial charge in [0.25, 0.3) is 0 Å². The summed E-state index contributed by atoms with van der Waals surface area (Å²) >= 11 is 0. The van der Waals surface area contributed by atoms with E-state index >= 15 is 0 Å².